The van der Waals surface area contributed by atoms with Crippen molar-refractivity contribution in [3.05, 3.63) is 21.9 Å². The van der Waals surface area contributed by atoms with Gasteiger partial charge in [-0.1, -0.05) is 0 Å². The molecule has 1 heterocycles. The Bertz CT molecular complexity index is 443. The zero-order valence-electron chi connectivity index (χ0n) is 6.93. The fourth-order valence-corrected chi connectivity index (χ4v) is 1.95. The lowest BCUT2D eigenvalue weighted by molar-refractivity contribution is 0.0984. The third kappa shape index (κ3) is 2.94. The molecule has 0 aliphatic heterocycles. The van der Waals surface area contributed by atoms with Crippen LogP contribution >= 0.6 is 18.9 Å². The van der Waals surface area contributed by atoms with Crippen LogP contribution < -0.4 is 16.1 Å². The van der Waals surface area contributed by atoms with Crippen molar-refractivity contribution in [3.63, 3.8) is 0 Å². The summed E-state index contributed by atoms with van der Waals surface area (Å²) in [6.07, 6.45) is 0. The van der Waals surface area contributed by atoms with Gasteiger partial charge in [0.2, 0.25) is 0 Å². The van der Waals surface area contributed by atoms with Gasteiger partial charge in [-0.2, -0.15) is 5.26 Å². The van der Waals surface area contributed by atoms with Crippen molar-refractivity contribution < 1.29 is 9.36 Å². The Morgan fingerprint density at radius 3 is 2.64 bits per heavy atom. The molecule has 5 N–H and O–H groups in total. The van der Waals surface area contributed by atoms with Crippen molar-refractivity contribution in [2.45, 2.75) is 0 Å². The molecule has 1 rings (SSSR count). The molecule has 0 radical (unpaired) electrons. The maximum Gasteiger partial charge on any atom is 0.300 e. The molecule has 0 spiro atoms. The summed E-state index contributed by atoms with van der Waals surface area (Å²) in [7, 11) is -3.56. The fourth-order valence-electron chi connectivity index (χ4n) is 0.734. The number of carbonyl (C=O) groups is 1. The first kappa shape index (κ1) is 10.9. The molecular formula is C6H7N4O2PS. The van der Waals surface area contributed by atoms with Crippen molar-refractivity contribution in [3.8, 4) is 6.07 Å². The number of nitriles is 1. The van der Waals surface area contributed by atoms with Crippen molar-refractivity contribution in [1.82, 2.24) is 5.09 Å². The zero-order chi connectivity index (χ0) is 10.8. The number of carbonyl (C=O) groups excluding carboxylic acids is 1. The second kappa shape index (κ2) is 3.90. The van der Waals surface area contributed by atoms with Gasteiger partial charge in [-0.25, -0.2) is 0 Å². The predicted molar refractivity (Wildman–Crippen MR) is 52.5 cm³/mol. The molecule has 74 valence electrons. The number of hydrogen-bond acceptors (Lipinski definition) is 4. The van der Waals surface area contributed by atoms with E-state index in [1.807, 2.05) is 11.2 Å². The van der Waals surface area contributed by atoms with Crippen molar-refractivity contribution >= 4 is 24.8 Å². The lowest BCUT2D eigenvalue weighted by Crippen LogP contribution is -2.27. The average Bonchev–Trinajstić information content (AvgIpc) is 2.48. The quantitative estimate of drug-likeness (QED) is 0.633. The highest BCUT2D eigenvalue weighted by atomic mass is 32.1. The van der Waals surface area contributed by atoms with Gasteiger partial charge in [0.1, 0.15) is 10.9 Å². The van der Waals surface area contributed by atoms with Crippen LogP contribution in [0.2, 0.25) is 0 Å². The summed E-state index contributed by atoms with van der Waals surface area (Å²) >= 11 is 0.976. The van der Waals surface area contributed by atoms with Crippen LogP contribution in [0.5, 0.6) is 0 Å². The van der Waals surface area contributed by atoms with E-state index in [1.165, 1.54) is 12.1 Å². The third-order valence-electron chi connectivity index (χ3n) is 1.22. The van der Waals surface area contributed by atoms with Gasteiger partial charge in [-0.15, -0.1) is 11.3 Å². The van der Waals surface area contributed by atoms with E-state index >= 15 is 0 Å². The summed E-state index contributed by atoms with van der Waals surface area (Å²) in [5.41, 5.74) is 9.91. The van der Waals surface area contributed by atoms with Gasteiger partial charge >= 0.3 is 7.59 Å². The molecule has 0 bridgehead atoms. The Hall–Kier alpha value is -1.19. The largest absolute Gasteiger partial charge is 0.300 e. The number of rotatable bonds is 2. The molecule has 0 aromatic carbocycles. The molecule has 0 saturated heterocycles. The monoisotopic (exact) mass is 230 g/mol. The van der Waals surface area contributed by atoms with Crippen LogP contribution in [-0.2, 0) is 4.57 Å². The molecule has 1 aromatic heterocycles. The van der Waals surface area contributed by atoms with E-state index in [1.54, 1.807) is 0 Å². The summed E-state index contributed by atoms with van der Waals surface area (Å²) in [6, 6.07) is 4.79. The lowest BCUT2D eigenvalue weighted by Gasteiger charge is -2.06. The molecule has 0 unspecified atom stereocenters. The van der Waals surface area contributed by atoms with E-state index in [2.05, 4.69) is 0 Å². The fraction of sp³-hybridized carbons (Fsp3) is 0. The minimum Gasteiger partial charge on any atom is -0.279 e. The van der Waals surface area contributed by atoms with Gasteiger partial charge in [0, 0.05) is 0 Å². The van der Waals surface area contributed by atoms with Crippen LogP contribution in [-0.4, -0.2) is 5.91 Å². The maximum atomic E-state index is 11.2. The molecule has 14 heavy (non-hydrogen) atoms. The Balaban J connectivity index is 2.81. The first-order valence-electron chi connectivity index (χ1n) is 3.42. The number of nitrogens with two attached hydrogens (primary N) is 2. The van der Waals surface area contributed by atoms with Gasteiger partial charge in [0.15, 0.2) is 0 Å². The molecule has 6 nitrogen and oxygen atoms in total. The molecule has 1 amide bonds. The van der Waals surface area contributed by atoms with E-state index in [4.69, 9.17) is 16.3 Å². The molecule has 0 atom stereocenters. The Morgan fingerprint density at radius 1 is 1.57 bits per heavy atom. The predicted octanol–water partition coefficient (Wildman–Crippen LogP) is 0.375. The number of nitrogens with zero attached hydrogens (tertiary/aromatic N) is 1. The number of amides is 1. The van der Waals surface area contributed by atoms with Gasteiger partial charge in [0.05, 0.1) is 4.88 Å². The Labute approximate surface area is 84.0 Å². The minimum atomic E-state index is -3.56. The molecule has 0 aliphatic rings. The van der Waals surface area contributed by atoms with Crippen LogP contribution in [0.3, 0.4) is 0 Å². The summed E-state index contributed by atoms with van der Waals surface area (Å²) in [5, 5.41) is 10.4. The second-order valence-electron chi connectivity index (χ2n) is 2.43. The first-order valence-corrected chi connectivity index (χ1v) is 6.08. The lowest BCUT2D eigenvalue weighted by atomic mass is 10.4. The van der Waals surface area contributed by atoms with Crippen LogP contribution in [0.15, 0.2) is 12.1 Å². The van der Waals surface area contributed by atoms with Gasteiger partial charge in [-0.3, -0.25) is 25.5 Å². The van der Waals surface area contributed by atoms with E-state index in [0.717, 1.165) is 11.3 Å². The minimum absolute atomic E-state index is 0.248. The normalized spacial score (nSPS) is 10.6. The average molecular weight is 230 g/mol. The van der Waals surface area contributed by atoms with Crippen molar-refractivity contribution in [2.24, 2.45) is 11.0 Å². The van der Waals surface area contributed by atoms with Gasteiger partial charge < -0.3 is 0 Å². The molecule has 0 saturated carbocycles. The Morgan fingerprint density at radius 2 is 2.21 bits per heavy atom. The number of thiophene rings is 1. The number of hydrogen-bond donors (Lipinski definition) is 3. The van der Waals surface area contributed by atoms with E-state index in [9.17, 15) is 9.36 Å². The summed E-state index contributed by atoms with van der Waals surface area (Å²) < 4.78 is 10.8. The van der Waals surface area contributed by atoms with Crippen LogP contribution in [0.25, 0.3) is 0 Å². The highest BCUT2D eigenvalue weighted by Crippen LogP contribution is 2.21. The topological polar surface area (TPSA) is 122 Å². The first-order chi connectivity index (χ1) is 6.42. The maximum absolute atomic E-state index is 11.2. The van der Waals surface area contributed by atoms with Crippen LogP contribution in [0.4, 0.5) is 0 Å². The van der Waals surface area contributed by atoms with E-state index < -0.39 is 13.5 Å². The molecule has 0 aliphatic carbocycles. The molecule has 0 fully saturated rings. The second-order valence-corrected chi connectivity index (χ2v) is 5.15. The van der Waals surface area contributed by atoms with Gasteiger partial charge in [-0.05, 0) is 12.1 Å². The van der Waals surface area contributed by atoms with E-state index in [0.29, 0.717) is 4.88 Å². The highest BCUT2D eigenvalue weighted by Gasteiger charge is 2.16. The van der Waals surface area contributed by atoms with Crippen molar-refractivity contribution in [2.75, 3.05) is 0 Å². The summed E-state index contributed by atoms with van der Waals surface area (Å²) in [5.74, 6) is -0.634. The molecule has 8 heteroatoms. The standard InChI is InChI=1S/C6H7N4O2PS/c7-3-4-1-2-5(14-4)6(11)10-13(8,9)12/h1-2H,(H5,8,9,10,11,12). The van der Waals surface area contributed by atoms with E-state index in [-0.39, 0.29) is 4.88 Å². The summed E-state index contributed by atoms with van der Waals surface area (Å²) in [4.78, 5) is 11.9. The smallest absolute Gasteiger partial charge is 0.279 e. The van der Waals surface area contributed by atoms with Crippen molar-refractivity contribution in [1.29, 1.82) is 5.26 Å². The Kier molecular flexibility index (Phi) is 3.03. The molecular weight excluding hydrogens is 223 g/mol. The summed E-state index contributed by atoms with van der Waals surface area (Å²) in [6.45, 7) is 0. The van der Waals surface area contributed by atoms with Crippen LogP contribution in [0.1, 0.15) is 14.5 Å². The third-order valence-corrected chi connectivity index (χ3v) is 2.76. The van der Waals surface area contributed by atoms with Gasteiger partial charge in [0.25, 0.3) is 5.91 Å². The number of nitrogens with one attached hydrogen (secondary N) is 1. The SMILES string of the molecule is N#Cc1ccc(C(=O)NP(N)(N)=O)s1. The zero-order valence-corrected chi connectivity index (χ0v) is 8.64. The highest BCUT2D eigenvalue weighted by molar-refractivity contribution is 7.57. The van der Waals surface area contributed by atoms with Crippen LogP contribution in [0, 0.1) is 11.3 Å². The molecule has 1 aromatic rings.